The maximum atomic E-state index is 4.97. The first kappa shape index (κ1) is 13.1. The zero-order valence-corrected chi connectivity index (χ0v) is 11.6. The first-order valence-electron chi connectivity index (χ1n) is 4.84. The van der Waals surface area contributed by atoms with Crippen molar-refractivity contribution >= 4 is 22.7 Å². The number of rotatable bonds is 2. The Morgan fingerprint density at radius 3 is 2.12 bits per heavy atom. The summed E-state index contributed by atoms with van der Waals surface area (Å²) in [6.45, 7) is 4.24. The standard InChI is InChI=1S/C6H8O2S.C6H8S/c1-7-5-3-4-9-6(5)8-2;1-5-3-6(2)7-4-5/h3-4H,1-2H3;3-4H,1-2H3. The highest BCUT2D eigenvalue weighted by atomic mass is 32.1. The van der Waals surface area contributed by atoms with E-state index in [1.165, 1.54) is 21.8 Å². The number of hydrogen-bond acceptors (Lipinski definition) is 4. The summed E-state index contributed by atoms with van der Waals surface area (Å²) in [5.74, 6) is 0.808. The van der Waals surface area contributed by atoms with Crippen LogP contribution in [0.25, 0.3) is 0 Å². The topological polar surface area (TPSA) is 18.5 Å². The minimum absolute atomic E-state index is 0.808. The van der Waals surface area contributed by atoms with E-state index in [-0.39, 0.29) is 0 Å². The lowest BCUT2D eigenvalue weighted by atomic mass is 10.4. The molecule has 0 fully saturated rings. The van der Waals surface area contributed by atoms with Gasteiger partial charge in [-0.15, -0.1) is 22.7 Å². The van der Waals surface area contributed by atoms with E-state index >= 15 is 0 Å². The molecule has 0 spiro atoms. The van der Waals surface area contributed by atoms with Crippen LogP contribution in [0, 0.1) is 13.8 Å². The van der Waals surface area contributed by atoms with Crippen LogP contribution in [-0.4, -0.2) is 14.2 Å². The summed E-state index contributed by atoms with van der Waals surface area (Å²) in [5.41, 5.74) is 1.38. The number of thiophene rings is 2. The molecule has 0 N–H and O–H groups in total. The van der Waals surface area contributed by atoms with Crippen molar-refractivity contribution in [3.63, 3.8) is 0 Å². The van der Waals surface area contributed by atoms with Gasteiger partial charge < -0.3 is 9.47 Å². The molecule has 0 radical (unpaired) electrons. The van der Waals surface area contributed by atoms with E-state index in [0.29, 0.717) is 0 Å². The third kappa shape index (κ3) is 3.87. The van der Waals surface area contributed by atoms with Crippen LogP contribution in [0.2, 0.25) is 0 Å². The molecule has 0 saturated heterocycles. The average molecular weight is 256 g/mol. The second-order valence-corrected chi connectivity index (χ2v) is 5.21. The maximum Gasteiger partial charge on any atom is 0.216 e. The van der Waals surface area contributed by atoms with Crippen LogP contribution in [0.4, 0.5) is 0 Å². The summed E-state index contributed by atoms with van der Waals surface area (Å²) in [7, 11) is 3.26. The summed E-state index contributed by atoms with van der Waals surface area (Å²) in [6.07, 6.45) is 0. The predicted octanol–water partition coefficient (Wildman–Crippen LogP) is 4.13. The number of aryl methyl sites for hydroxylation is 2. The van der Waals surface area contributed by atoms with Gasteiger partial charge in [0.2, 0.25) is 5.06 Å². The van der Waals surface area contributed by atoms with E-state index < -0.39 is 0 Å². The van der Waals surface area contributed by atoms with Gasteiger partial charge in [0.1, 0.15) is 0 Å². The molecule has 2 nitrogen and oxygen atoms in total. The quantitative estimate of drug-likeness (QED) is 0.804. The lowest BCUT2D eigenvalue weighted by Gasteiger charge is -1.97. The van der Waals surface area contributed by atoms with Gasteiger partial charge in [-0.3, -0.25) is 0 Å². The molecule has 16 heavy (non-hydrogen) atoms. The second kappa shape index (κ2) is 6.55. The van der Waals surface area contributed by atoms with Crippen LogP contribution in [0.15, 0.2) is 22.9 Å². The number of methoxy groups -OCH3 is 2. The maximum absolute atomic E-state index is 4.97. The fourth-order valence-electron chi connectivity index (χ4n) is 1.16. The lowest BCUT2D eigenvalue weighted by molar-refractivity contribution is 0.364. The molecule has 0 bridgehead atoms. The van der Waals surface area contributed by atoms with E-state index in [0.717, 1.165) is 10.8 Å². The van der Waals surface area contributed by atoms with Crippen molar-refractivity contribution in [1.82, 2.24) is 0 Å². The van der Waals surface area contributed by atoms with Crippen LogP contribution < -0.4 is 9.47 Å². The molecular weight excluding hydrogens is 240 g/mol. The smallest absolute Gasteiger partial charge is 0.216 e. The number of ether oxygens (including phenoxy) is 2. The van der Waals surface area contributed by atoms with E-state index in [1.807, 2.05) is 11.4 Å². The van der Waals surface area contributed by atoms with Crippen LogP contribution in [0.3, 0.4) is 0 Å². The Labute approximate surface area is 104 Å². The van der Waals surface area contributed by atoms with Crippen molar-refractivity contribution < 1.29 is 9.47 Å². The molecule has 0 saturated carbocycles. The molecule has 0 aliphatic rings. The summed E-state index contributed by atoms with van der Waals surface area (Å²) in [5, 5.41) is 4.92. The highest BCUT2D eigenvalue weighted by molar-refractivity contribution is 7.12. The lowest BCUT2D eigenvalue weighted by Crippen LogP contribution is -1.83. The van der Waals surface area contributed by atoms with Crippen LogP contribution in [-0.2, 0) is 0 Å². The average Bonchev–Trinajstić information content (AvgIpc) is 2.87. The second-order valence-electron chi connectivity index (χ2n) is 3.22. The molecule has 2 aromatic rings. The minimum Gasteiger partial charge on any atom is -0.492 e. The third-order valence-corrected chi connectivity index (χ3v) is 3.70. The van der Waals surface area contributed by atoms with Gasteiger partial charge in [-0.2, -0.15) is 0 Å². The van der Waals surface area contributed by atoms with Gasteiger partial charge in [-0.05, 0) is 42.3 Å². The van der Waals surface area contributed by atoms with Gasteiger partial charge in [0.05, 0.1) is 14.2 Å². The molecule has 4 heteroatoms. The van der Waals surface area contributed by atoms with E-state index in [2.05, 4.69) is 25.3 Å². The van der Waals surface area contributed by atoms with Gasteiger partial charge in [-0.25, -0.2) is 0 Å². The third-order valence-electron chi connectivity index (χ3n) is 1.86. The zero-order chi connectivity index (χ0) is 12.0. The van der Waals surface area contributed by atoms with Gasteiger partial charge in [0.15, 0.2) is 5.75 Å². The largest absolute Gasteiger partial charge is 0.492 e. The first-order valence-corrected chi connectivity index (χ1v) is 6.60. The normalized spacial score (nSPS) is 9.25. The summed E-state index contributed by atoms with van der Waals surface area (Å²) < 4.78 is 9.93. The Kier molecular flexibility index (Phi) is 5.35. The molecule has 2 heterocycles. The highest BCUT2D eigenvalue weighted by Gasteiger charge is 2.00. The van der Waals surface area contributed by atoms with Gasteiger partial charge >= 0.3 is 0 Å². The van der Waals surface area contributed by atoms with E-state index in [4.69, 9.17) is 9.47 Å². The van der Waals surface area contributed by atoms with Gasteiger partial charge in [-0.1, -0.05) is 0 Å². The van der Waals surface area contributed by atoms with E-state index in [9.17, 15) is 0 Å². The molecule has 0 unspecified atom stereocenters. The molecule has 0 aliphatic carbocycles. The predicted molar refractivity (Wildman–Crippen MR) is 71.2 cm³/mol. The van der Waals surface area contributed by atoms with Crippen molar-refractivity contribution in [2.24, 2.45) is 0 Å². The fraction of sp³-hybridized carbons (Fsp3) is 0.333. The molecule has 0 aliphatic heterocycles. The van der Waals surface area contributed by atoms with Gasteiger partial charge in [0, 0.05) is 4.88 Å². The fourth-order valence-corrected chi connectivity index (χ4v) is 2.53. The van der Waals surface area contributed by atoms with Crippen LogP contribution in [0.1, 0.15) is 10.4 Å². The van der Waals surface area contributed by atoms with Crippen LogP contribution in [0.5, 0.6) is 10.8 Å². The number of hydrogen-bond donors (Lipinski definition) is 0. The summed E-state index contributed by atoms with van der Waals surface area (Å²) >= 11 is 3.33. The summed E-state index contributed by atoms with van der Waals surface area (Å²) in [6, 6.07) is 4.06. The highest BCUT2D eigenvalue weighted by Crippen LogP contribution is 2.32. The Bertz CT molecular complexity index is 383. The van der Waals surface area contributed by atoms with Crippen molar-refractivity contribution in [2.45, 2.75) is 13.8 Å². The Balaban J connectivity index is 0.000000165. The monoisotopic (exact) mass is 256 g/mol. The van der Waals surface area contributed by atoms with E-state index in [1.54, 1.807) is 25.6 Å². The van der Waals surface area contributed by atoms with Crippen molar-refractivity contribution in [2.75, 3.05) is 14.2 Å². The van der Waals surface area contributed by atoms with Crippen molar-refractivity contribution in [1.29, 1.82) is 0 Å². The molecule has 2 rings (SSSR count). The molecule has 2 aromatic heterocycles. The Hall–Kier alpha value is -1.00. The molecule has 0 aromatic carbocycles. The zero-order valence-electron chi connectivity index (χ0n) is 9.94. The SMILES string of the molecule is COc1ccsc1OC.Cc1csc(C)c1. The Morgan fingerprint density at radius 2 is 1.81 bits per heavy atom. The van der Waals surface area contributed by atoms with Crippen LogP contribution >= 0.6 is 22.7 Å². The molecule has 0 atom stereocenters. The molecule has 88 valence electrons. The first-order chi connectivity index (χ1) is 7.67. The summed E-state index contributed by atoms with van der Waals surface area (Å²) in [4.78, 5) is 1.40. The molecular formula is C12H16O2S2. The minimum atomic E-state index is 0.808. The van der Waals surface area contributed by atoms with Gasteiger partial charge in [0.25, 0.3) is 0 Å². The van der Waals surface area contributed by atoms with Crippen molar-refractivity contribution in [3.05, 3.63) is 33.3 Å². The van der Waals surface area contributed by atoms with Crippen molar-refractivity contribution in [3.8, 4) is 10.8 Å². The molecule has 0 amide bonds. The Morgan fingerprint density at radius 1 is 1.06 bits per heavy atom.